The highest BCUT2D eigenvalue weighted by atomic mass is 16.5. The van der Waals surface area contributed by atoms with Crippen molar-refractivity contribution in [3.8, 4) is 5.75 Å². The van der Waals surface area contributed by atoms with E-state index >= 15 is 0 Å². The highest BCUT2D eigenvalue weighted by Gasteiger charge is 2.45. The van der Waals surface area contributed by atoms with Crippen LogP contribution in [0.15, 0.2) is 48.3 Å². The van der Waals surface area contributed by atoms with Crippen LogP contribution in [0.2, 0.25) is 0 Å². The summed E-state index contributed by atoms with van der Waals surface area (Å²) in [6.07, 6.45) is 5.99. The van der Waals surface area contributed by atoms with E-state index in [1.54, 1.807) is 47.6 Å². The molecule has 1 atom stereocenters. The first-order valence-corrected chi connectivity index (χ1v) is 12.7. The molecule has 0 unspecified atom stereocenters. The van der Waals surface area contributed by atoms with E-state index in [4.69, 9.17) is 9.47 Å². The molecule has 36 heavy (non-hydrogen) atoms. The minimum absolute atomic E-state index is 0.108. The maximum absolute atomic E-state index is 13.2. The molecule has 1 aromatic heterocycles. The molecule has 1 N–H and O–H groups in total. The minimum atomic E-state index is -0.668. The lowest BCUT2D eigenvalue weighted by Gasteiger charge is -2.29. The van der Waals surface area contributed by atoms with Gasteiger partial charge in [0.05, 0.1) is 31.4 Å². The SMILES string of the molecule is CCCCOc1ccc(/C(O)=C2\C(=O)C(=O)N(CCCN3CCOCC3)[C@H]2c2ccncc2)cc1C. The normalized spacial score (nSPS) is 20.2. The van der Waals surface area contributed by atoms with E-state index in [1.165, 1.54) is 0 Å². The van der Waals surface area contributed by atoms with Gasteiger partial charge in [-0.05, 0) is 61.2 Å². The molecule has 2 aromatic rings. The lowest BCUT2D eigenvalue weighted by molar-refractivity contribution is -0.140. The second-order valence-corrected chi connectivity index (χ2v) is 9.26. The molecule has 2 fully saturated rings. The van der Waals surface area contributed by atoms with Crippen LogP contribution in [0.4, 0.5) is 0 Å². The van der Waals surface area contributed by atoms with Crippen LogP contribution in [0.1, 0.15) is 48.9 Å². The Balaban J connectivity index is 1.62. The van der Waals surface area contributed by atoms with Gasteiger partial charge in [0.1, 0.15) is 11.5 Å². The number of hydrogen-bond donors (Lipinski definition) is 1. The van der Waals surface area contributed by atoms with E-state index in [2.05, 4.69) is 16.8 Å². The van der Waals surface area contributed by atoms with Gasteiger partial charge in [-0.25, -0.2) is 0 Å². The third-order valence-corrected chi connectivity index (χ3v) is 6.74. The number of pyridine rings is 1. The Kier molecular flexibility index (Phi) is 8.72. The van der Waals surface area contributed by atoms with Gasteiger partial charge in [0.25, 0.3) is 11.7 Å². The zero-order chi connectivity index (χ0) is 25.5. The Hall–Kier alpha value is -3.23. The predicted octanol–water partition coefficient (Wildman–Crippen LogP) is 3.71. The first-order valence-electron chi connectivity index (χ1n) is 12.7. The highest BCUT2D eigenvalue weighted by Crippen LogP contribution is 2.39. The fourth-order valence-corrected chi connectivity index (χ4v) is 4.73. The number of likely N-dealkylation sites (tertiary alicyclic amines) is 1. The number of carbonyl (C=O) groups is 2. The van der Waals surface area contributed by atoms with E-state index in [1.807, 2.05) is 6.92 Å². The molecule has 0 bridgehead atoms. The summed E-state index contributed by atoms with van der Waals surface area (Å²) in [4.78, 5) is 34.3. The van der Waals surface area contributed by atoms with E-state index in [-0.39, 0.29) is 11.3 Å². The summed E-state index contributed by atoms with van der Waals surface area (Å²) in [7, 11) is 0. The van der Waals surface area contributed by atoms with Gasteiger partial charge < -0.3 is 19.5 Å². The molecule has 1 aromatic carbocycles. The molecule has 3 heterocycles. The van der Waals surface area contributed by atoms with E-state index in [9.17, 15) is 14.7 Å². The smallest absolute Gasteiger partial charge is 0.295 e. The zero-order valence-corrected chi connectivity index (χ0v) is 21.1. The summed E-state index contributed by atoms with van der Waals surface area (Å²) < 4.78 is 11.2. The molecule has 8 heteroatoms. The van der Waals surface area contributed by atoms with Gasteiger partial charge in [0.2, 0.25) is 0 Å². The van der Waals surface area contributed by atoms with Crippen molar-refractivity contribution in [2.45, 2.75) is 39.2 Å². The summed E-state index contributed by atoms with van der Waals surface area (Å²) in [5.41, 5.74) is 2.20. The molecular formula is C28H35N3O5. The monoisotopic (exact) mass is 493 g/mol. The van der Waals surface area contributed by atoms with Crippen molar-refractivity contribution in [1.82, 2.24) is 14.8 Å². The van der Waals surface area contributed by atoms with Crippen molar-refractivity contribution in [2.24, 2.45) is 0 Å². The van der Waals surface area contributed by atoms with Crippen LogP contribution < -0.4 is 4.74 Å². The number of ether oxygens (including phenoxy) is 2. The molecule has 0 aliphatic carbocycles. The fraction of sp³-hybridized carbons (Fsp3) is 0.464. The van der Waals surface area contributed by atoms with E-state index in [0.29, 0.717) is 31.9 Å². The van der Waals surface area contributed by atoms with Gasteiger partial charge >= 0.3 is 0 Å². The number of amides is 1. The second kappa shape index (κ2) is 12.1. The number of morpholine rings is 1. The number of nitrogens with zero attached hydrogens (tertiary/aromatic N) is 3. The number of unbranched alkanes of at least 4 members (excludes halogenated alkanes) is 1. The lowest BCUT2D eigenvalue weighted by Crippen LogP contribution is -2.38. The number of benzene rings is 1. The molecule has 4 rings (SSSR count). The van der Waals surface area contributed by atoms with Crippen molar-refractivity contribution < 1.29 is 24.2 Å². The molecule has 0 radical (unpaired) electrons. The van der Waals surface area contributed by atoms with Crippen molar-refractivity contribution in [2.75, 3.05) is 46.0 Å². The molecular weight excluding hydrogens is 458 g/mol. The van der Waals surface area contributed by atoms with Gasteiger partial charge in [-0.3, -0.25) is 19.5 Å². The Labute approximate surface area is 212 Å². The van der Waals surface area contributed by atoms with Crippen molar-refractivity contribution in [3.63, 3.8) is 0 Å². The highest BCUT2D eigenvalue weighted by molar-refractivity contribution is 6.46. The lowest BCUT2D eigenvalue weighted by atomic mass is 9.95. The third kappa shape index (κ3) is 5.77. The Morgan fingerprint density at radius 3 is 2.56 bits per heavy atom. The molecule has 1 amide bonds. The van der Waals surface area contributed by atoms with Crippen LogP contribution in [0, 0.1) is 6.92 Å². The Morgan fingerprint density at radius 2 is 1.86 bits per heavy atom. The van der Waals surface area contributed by atoms with Crippen LogP contribution in [0.3, 0.4) is 0 Å². The van der Waals surface area contributed by atoms with Gasteiger partial charge in [-0.2, -0.15) is 0 Å². The average molecular weight is 494 g/mol. The molecule has 2 aliphatic rings. The van der Waals surface area contributed by atoms with Crippen LogP contribution in [0.5, 0.6) is 5.75 Å². The standard InChI is InChI=1S/C28H35N3O5/c1-3-4-16-36-23-7-6-22(19-20(23)2)26(32)24-25(21-8-10-29-11-9-21)31(28(34)27(24)33)13-5-12-30-14-17-35-18-15-30/h6-11,19,25,32H,3-5,12-18H2,1-2H3/b26-24+/t25-/m0/s1. The van der Waals surface area contributed by atoms with Crippen molar-refractivity contribution >= 4 is 17.4 Å². The van der Waals surface area contributed by atoms with E-state index < -0.39 is 17.7 Å². The Morgan fingerprint density at radius 1 is 1.11 bits per heavy atom. The van der Waals surface area contributed by atoms with Crippen LogP contribution in [-0.4, -0.2) is 77.6 Å². The number of ketones is 1. The summed E-state index contributed by atoms with van der Waals surface area (Å²) in [6.45, 7) is 9.02. The summed E-state index contributed by atoms with van der Waals surface area (Å²) in [5.74, 6) is -0.679. The fourth-order valence-electron chi connectivity index (χ4n) is 4.73. The first kappa shape index (κ1) is 25.9. The summed E-state index contributed by atoms with van der Waals surface area (Å²) >= 11 is 0. The van der Waals surface area contributed by atoms with Crippen LogP contribution in [-0.2, 0) is 14.3 Å². The number of aromatic nitrogens is 1. The quantitative estimate of drug-likeness (QED) is 0.233. The maximum Gasteiger partial charge on any atom is 0.295 e. The van der Waals surface area contributed by atoms with E-state index in [0.717, 1.165) is 55.8 Å². The number of aryl methyl sites for hydroxylation is 1. The average Bonchev–Trinajstić information content (AvgIpc) is 3.15. The Bertz CT molecular complexity index is 1100. The molecule has 192 valence electrons. The molecule has 0 spiro atoms. The second-order valence-electron chi connectivity index (χ2n) is 9.26. The molecule has 0 saturated carbocycles. The van der Waals surface area contributed by atoms with Crippen molar-refractivity contribution in [3.05, 3.63) is 65.0 Å². The van der Waals surface area contributed by atoms with Crippen molar-refractivity contribution in [1.29, 1.82) is 0 Å². The van der Waals surface area contributed by atoms with Gasteiger partial charge in [-0.15, -0.1) is 0 Å². The minimum Gasteiger partial charge on any atom is -0.507 e. The van der Waals surface area contributed by atoms with Gasteiger partial charge in [0.15, 0.2) is 0 Å². The van der Waals surface area contributed by atoms with Gasteiger partial charge in [0, 0.05) is 44.1 Å². The summed E-state index contributed by atoms with van der Waals surface area (Å²) in [6, 6.07) is 8.24. The molecule has 8 nitrogen and oxygen atoms in total. The number of Topliss-reactive ketones (excluding diaryl/α,β-unsaturated/α-hetero) is 1. The molecule has 2 aliphatic heterocycles. The number of carbonyl (C=O) groups excluding carboxylic acids is 2. The number of aliphatic hydroxyl groups excluding tert-OH is 1. The topological polar surface area (TPSA) is 92.2 Å². The maximum atomic E-state index is 13.2. The van der Waals surface area contributed by atoms with Gasteiger partial charge in [-0.1, -0.05) is 13.3 Å². The largest absolute Gasteiger partial charge is 0.507 e. The third-order valence-electron chi connectivity index (χ3n) is 6.74. The first-order chi connectivity index (χ1) is 17.5. The summed E-state index contributed by atoms with van der Waals surface area (Å²) in [5, 5.41) is 11.3. The number of hydrogen-bond acceptors (Lipinski definition) is 7. The van der Waals surface area contributed by atoms with Crippen LogP contribution >= 0.6 is 0 Å². The zero-order valence-electron chi connectivity index (χ0n) is 21.1. The number of rotatable bonds is 10. The predicted molar refractivity (Wildman–Crippen MR) is 137 cm³/mol. The molecule has 2 saturated heterocycles. The number of aliphatic hydroxyl groups is 1. The van der Waals surface area contributed by atoms with Crippen LogP contribution in [0.25, 0.3) is 5.76 Å².